The van der Waals surface area contributed by atoms with Gasteiger partial charge in [0.05, 0.1) is 19.1 Å². The van der Waals surface area contributed by atoms with Gasteiger partial charge in [0.2, 0.25) is 10.0 Å². The third-order valence-corrected chi connectivity index (χ3v) is 6.28. The summed E-state index contributed by atoms with van der Waals surface area (Å²) in [7, 11) is -0.560. The Balaban J connectivity index is 1.94. The zero-order valence-corrected chi connectivity index (χ0v) is 16.2. The highest BCUT2D eigenvalue weighted by Gasteiger charge is 2.20. The number of benzene rings is 1. The van der Waals surface area contributed by atoms with E-state index in [-0.39, 0.29) is 4.90 Å². The van der Waals surface area contributed by atoms with Crippen LogP contribution in [0.5, 0.6) is 11.5 Å². The molecule has 0 heterocycles. The van der Waals surface area contributed by atoms with E-state index in [1.165, 1.54) is 58.8 Å². The molecule has 0 radical (unpaired) electrons. The van der Waals surface area contributed by atoms with Crippen LogP contribution in [0.25, 0.3) is 0 Å². The first-order chi connectivity index (χ1) is 12.0. The molecule has 2 rings (SSSR count). The number of sulfonamides is 1. The van der Waals surface area contributed by atoms with Gasteiger partial charge in [0.25, 0.3) is 0 Å². The molecule has 6 nitrogen and oxygen atoms in total. The Kier molecular flexibility index (Phi) is 7.53. The van der Waals surface area contributed by atoms with Crippen LogP contribution in [0.2, 0.25) is 0 Å². The summed E-state index contributed by atoms with van der Waals surface area (Å²) in [5.41, 5.74) is 0.627. The molecule has 0 amide bonds. The summed E-state index contributed by atoms with van der Waals surface area (Å²) in [6, 6.07) is 3.70. The lowest BCUT2D eigenvalue weighted by atomic mass is 10.1. The normalized spacial score (nSPS) is 16.4. The number of methoxy groups -OCH3 is 2. The highest BCUT2D eigenvalue weighted by Crippen LogP contribution is 2.32. The lowest BCUT2D eigenvalue weighted by Crippen LogP contribution is -2.37. The minimum absolute atomic E-state index is 0.222. The number of ether oxygens (including phenoxy) is 2. The summed E-state index contributed by atoms with van der Waals surface area (Å²) in [5.74, 6) is 0.930. The molecule has 1 saturated carbocycles. The Bertz CT molecular complexity index is 653. The second-order valence-corrected chi connectivity index (χ2v) is 8.25. The number of hydrogen-bond acceptors (Lipinski definition) is 5. The quantitative estimate of drug-likeness (QED) is 0.543. The van der Waals surface area contributed by atoms with E-state index in [1.807, 2.05) is 0 Å². The first-order valence-corrected chi connectivity index (χ1v) is 10.4. The maximum absolute atomic E-state index is 12.6. The molecule has 0 spiro atoms. The molecule has 0 aliphatic heterocycles. The fourth-order valence-corrected chi connectivity index (χ4v) is 4.55. The molecule has 2 N–H and O–H groups in total. The van der Waals surface area contributed by atoms with Gasteiger partial charge in [0, 0.05) is 25.2 Å². The number of rotatable bonds is 8. The van der Waals surface area contributed by atoms with Crippen molar-refractivity contribution >= 4 is 10.0 Å². The zero-order chi connectivity index (χ0) is 18.3. The second kappa shape index (κ2) is 9.40. The monoisotopic (exact) mass is 370 g/mol. The predicted molar refractivity (Wildman–Crippen MR) is 99.0 cm³/mol. The molecular weight excluding hydrogens is 340 g/mol. The lowest BCUT2D eigenvalue weighted by Gasteiger charge is -2.17. The average Bonchev–Trinajstić information content (AvgIpc) is 2.87. The van der Waals surface area contributed by atoms with Gasteiger partial charge in [-0.3, -0.25) is 0 Å². The third-order valence-electron chi connectivity index (χ3n) is 4.68. The molecule has 1 aliphatic rings. The van der Waals surface area contributed by atoms with E-state index in [0.717, 1.165) is 0 Å². The van der Waals surface area contributed by atoms with Crippen molar-refractivity contribution in [3.05, 3.63) is 17.7 Å². The van der Waals surface area contributed by atoms with Crippen molar-refractivity contribution < 1.29 is 17.9 Å². The van der Waals surface area contributed by atoms with E-state index in [1.54, 1.807) is 13.0 Å². The van der Waals surface area contributed by atoms with Gasteiger partial charge in [-0.2, -0.15) is 0 Å². The molecule has 0 aromatic heterocycles. The van der Waals surface area contributed by atoms with Crippen molar-refractivity contribution in [2.24, 2.45) is 0 Å². The Morgan fingerprint density at radius 1 is 1.00 bits per heavy atom. The van der Waals surface area contributed by atoms with Crippen molar-refractivity contribution in [3.8, 4) is 11.5 Å². The molecule has 1 fully saturated rings. The topological polar surface area (TPSA) is 76.7 Å². The van der Waals surface area contributed by atoms with Gasteiger partial charge in [-0.1, -0.05) is 25.7 Å². The Morgan fingerprint density at radius 3 is 2.20 bits per heavy atom. The molecule has 25 heavy (non-hydrogen) atoms. The van der Waals surface area contributed by atoms with Gasteiger partial charge in [0.15, 0.2) is 11.5 Å². The second-order valence-electron chi connectivity index (χ2n) is 6.51. The van der Waals surface area contributed by atoms with Crippen LogP contribution in [0.15, 0.2) is 17.0 Å². The van der Waals surface area contributed by atoms with Gasteiger partial charge < -0.3 is 14.8 Å². The molecule has 0 unspecified atom stereocenters. The fraction of sp³-hybridized carbons (Fsp3) is 0.667. The van der Waals surface area contributed by atoms with Crippen LogP contribution >= 0.6 is 0 Å². The summed E-state index contributed by atoms with van der Waals surface area (Å²) in [4.78, 5) is 0.222. The van der Waals surface area contributed by atoms with E-state index >= 15 is 0 Å². The van der Waals surface area contributed by atoms with E-state index in [4.69, 9.17) is 9.47 Å². The van der Waals surface area contributed by atoms with E-state index < -0.39 is 10.0 Å². The Morgan fingerprint density at radius 2 is 1.60 bits per heavy atom. The SMILES string of the molecule is COc1cc(C)c(S(=O)(=O)NCCNC2CCCCCC2)cc1OC. The van der Waals surface area contributed by atoms with Crippen LogP contribution < -0.4 is 19.5 Å². The molecule has 1 aliphatic carbocycles. The van der Waals surface area contributed by atoms with Gasteiger partial charge in [0.1, 0.15) is 0 Å². The molecule has 7 heteroatoms. The van der Waals surface area contributed by atoms with E-state index in [2.05, 4.69) is 10.0 Å². The van der Waals surface area contributed by atoms with E-state index in [0.29, 0.717) is 36.2 Å². The molecule has 0 atom stereocenters. The summed E-state index contributed by atoms with van der Waals surface area (Å²) in [5, 5.41) is 3.47. The maximum atomic E-state index is 12.6. The van der Waals surface area contributed by atoms with Crippen molar-refractivity contribution in [1.82, 2.24) is 10.0 Å². The molecular formula is C18H30N2O4S. The summed E-state index contributed by atoms with van der Waals surface area (Å²) < 4.78 is 38.3. The van der Waals surface area contributed by atoms with Crippen molar-refractivity contribution in [1.29, 1.82) is 0 Å². The van der Waals surface area contributed by atoms with E-state index in [9.17, 15) is 8.42 Å². The average molecular weight is 371 g/mol. The maximum Gasteiger partial charge on any atom is 0.241 e. The van der Waals surface area contributed by atoms with Gasteiger partial charge in [-0.25, -0.2) is 13.1 Å². The molecule has 142 valence electrons. The van der Waals surface area contributed by atoms with Crippen molar-refractivity contribution in [2.75, 3.05) is 27.3 Å². The number of hydrogen-bond donors (Lipinski definition) is 2. The van der Waals surface area contributed by atoms with Crippen LogP contribution in [-0.4, -0.2) is 41.8 Å². The number of aryl methyl sites for hydroxylation is 1. The third kappa shape index (κ3) is 5.59. The van der Waals surface area contributed by atoms with Crippen LogP contribution in [0.4, 0.5) is 0 Å². The van der Waals surface area contributed by atoms with Gasteiger partial charge in [-0.05, 0) is 31.4 Å². The first-order valence-electron chi connectivity index (χ1n) is 8.93. The minimum atomic E-state index is -3.58. The first kappa shape index (κ1) is 20.0. The molecule has 1 aromatic carbocycles. The van der Waals surface area contributed by atoms with Crippen LogP contribution in [-0.2, 0) is 10.0 Å². The molecule has 0 saturated heterocycles. The Hall–Kier alpha value is -1.31. The number of nitrogens with one attached hydrogen (secondary N) is 2. The Labute approximate surface area is 151 Å². The fourth-order valence-electron chi connectivity index (χ4n) is 3.27. The van der Waals surface area contributed by atoms with Crippen LogP contribution in [0.1, 0.15) is 44.1 Å². The lowest BCUT2D eigenvalue weighted by molar-refractivity contribution is 0.353. The van der Waals surface area contributed by atoms with Crippen LogP contribution in [0.3, 0.4) is 0 Å². The van der Waals surface area contributed by atoms with Gasteiger partial charge in [-0.15, -0.1) is 0 Å². The smallest absolute Gasteiger partial charge is 0.241 e. The standard InChI is InChI=1S/C18H30N2O4S/c1-14-12-16(23-2)17(24-3)13-18(14)25(21,22)20-11-10-19-15-8-6-4-5-7-9-15/h12-13,15,19-20H,4-11H2,1-3H3. The predicted octanol–water partition coefficient (Wildman–Crippen LogP) is 2.60. The molecule has 0 bridgehead atoms. The highest BCUT2D eigenvalue weighted by molar-refractivity contribution is 7.89. The minimum Gasteiger partial charge on any atom is -0.493 e. The summed E-state index contributed by atoms with van der Waals surface area (Å²) >= 11 is 0. The van der Waals surface area contributed by atoms with Gasteiger partial charge >= 0.3 is 0 Å². The zero-order valence-electron chi connectivity index (χ0n) is 15.4. The highest BCUT2D eigenvalue weighted by atomic mass is 32.2. The summed E-state index contributed by atoms with van der Waals surface area (Å²) in [6.45, 7) is 2.75. The van der Waals surface area contributed by atoms with Crippen LogP contribution in [0, 0.1) is 6.92 Å². The van der Waals surface area contributed by atoms with Crippen molar-refractivity contribution in [3.63, 3.8) is 0 Å². The molecule has 1 aromatic rings. The largest absolute Gasteiger partial charge is 0.493 e. The summed E-state index contributed by atoms with van der Waals surface area (Å²) in [6.07, 6.45) is 7.50. The van der Waals surface area contributed by atoms with Crippen molar-refractivity contribution in [2.45, 2.75) is 56.4 Å².